The van der Waals surface area contributed by atoms with Crippen molar-refractivity contribution >= 4 is 34.8 Å². The molecule has 0 aliphatic carbocycles. The fraction of sp³-hybridized carbons (Fsp3) is 0.455. The van der Waals surface area contributed by atoms with Crippen LogP contribution in [0.2, 0.25) is 4.34 Å². The molecule has 0 bridgehead atoms. The summed E-state index contributed by atoms with van der Waals surface area (Å²) < 4.78 is 5.40. The molecule has 100 valence electrons. The summed E-state index contributed by atoms with van der Waals surface area (Å²) in [5.74, 6) is -1.40. The molecule has 1 unspecified atom stereocenters. The zero-order chi connectivity index (χ0) is 13.5. The fourth-order valence-corrected chi connectivity index (χ4v) is 2.43. The van der Waals surface area contributed by atoms with Gasteiger partial charge in [0.15, 0.2) is 0 Å². The molecule has 1 heterocycles. The van der Waals surface area contributed by atoms with Crippen LogP contribution >= 0.6 is 22.9 Å². The van der Waals surface area contributed by atoms with Crippen molar-refractivity contribution in [2.75, 3.05) is 13.7 Å². The third-order valence-corrected chi connectivity index (χ3v) is 3.44. The number of thiophene rings is 1. The molecule has 1 rings (SSSR count). The first-order valence-electron chi connectivity index (χ1n) is 5.28. The summed E-state index contributed by atoms with van der Waals surface area (Å²) in [6, 6.07) is 2.53. The van der Waals surface area contributed by atoms with Crippen LogP contribution in [0.15, 0.2) is 12.1 Å². The van der Waals surface area contributed by atoms with E-state index in [1.807, 2.05) is 0 Å². The number of halogens is 1. The van der Waals surface area contributed by atoms with Gasteiger partial charge in [-0.25, -0.2) is 4.79 Å². The standard InChI is InChI=1S/C11H14ClNO4S/c1-17-5-4-8(11(15)16)13-10(14)6-7-2-3-9(12)18-7/h2-3,8H,4-6H2,1H3,(H,13,14)(H,15,16). The highest BCUT2D eigenvalue weighted by atomic mass is 35.5. The largest absolute Gasteiger partial charge is 0.480 e. The summed E-state index contributed by atoms with van der Waals surface area (Å²) in [6.45, 7) is 0.280. The Morgan fingerprint density at radius 2 is 2.28 bits per heavy atom. The summed E-state index contributed by atoms with van der Waals surface area (Å²) in [7, 11) is 1.48. The molecule has 1 atom stereocenters. The molecule has 0 aliphatic heterocycles. The zero-order valence-electron chi connectivity index (χ0n) is 9.81. The molecule has 0 radical (unpaired) electrons. The molecule has 5 nitrogen and oxygen atoms in total. The number of aliphatic carboxylic acids is 1. The predicted molar refractivity (Wildman–Crippen MR) is 69.1 cm³/mol. The first-order valence-corrected chi connectivity index (χ1v) is 6.47. The summed E-state index contributed by atoms with van der Waals surface area (Å²) >= 11 is 7.05. The van der Waals surface area contributed by atoms with E-state index in [1.165, 1.54) is 18.4 Å². The van der Waals surface area contributed by atoms with Crippen LogP contribution in [-0.2, 0) is 20.7 Å². The van der Waals surface area contributed by atoms with Gasteiger partial charge in [-0.1, -0.05) is 11.6 Å². The quantitative estimate of drug-likeness (QED) is 0.799. The number of carboxylic acids is 1. The first-order chi connectivity index (χ1) is 8.52. The maximum Gasteiger partial charge on any atom is 0.326 e. The van der Waals surface area contributed by atoms with Gasteiger partial charge >= 0.3 is 5.97 Å². The fourth-order valence-electron chi connectivity index (χ4n) is 1.34. The van der Waals surface area contributed by atoms with Crippen LogP contribution in [0.4, 0.5) is 0 Å². The van der Waals surface area contributed by atoms with Crippen molar-refractivity contribution in [2.45, 2.75) is 18.9 Å². The molecule has 18 heavy (non-hydrogen) atoms. The van der Waals surface area contributed by atoms with Gasteiger partial charge in [0.25, 0.3) is 0 Å². The molecule has 2 N–H and O–H groups in total. The maximum absolute atomic E-state index is 11.6. The van der Waals surface area contributed by atoms with Crippen LogP contribution in [0.5, 0.6) is 0 Å². The van der Waals surface area contributed by atoms with Gasteiger partial charge in [0.1, 0.15) is 6.04 Å². The van der Waals surface area contributed by atoms with Gasteiger partial charge in [-0.15, -0.1) is 11.3 Å². The Balaban J connectivity index is 2.48. The van der Waals surface area contributed by atoms with Crippen molar-refractivity contribution in [3.8, 4) is 0 Å². The Labute approximate surface area is 114 Å². The van der Waals surface area contributed by atoms with Gasteiger partial charge in [-0.3, -0.25) is 4.79 Å². The second-order valence-corrected chi connectivity index (χ2v) is 5.42. The lowest BCUT2D eigenvalue weighted by molar-refractivity contribution is -0.142. The average Bonchev–Trinajstić information content (AvgIpc) is 2.69. The summed E-state index contributed by atoms with van der Waals surface area (Å²) in [4.78, 5) is 23.4. The molecular weight excluding hydrogens is 278 g/mol. The van der Waals surface area contributed by atoms with E-state index in [2.05, 4.69) is 5.32 Å². The first kappa shape index (κ1) is 14.9. The lowest BCUT2D eigenvalue weighted by Gasteiger charge is -2.13. The number of hydrogen-bond donors (Lipinski definition) is 2. The van der Waals surface area contributed by atoms with E-state index in [9.17, 15) is 9.59 Å². The van der Waals surface area contributed by atoms with Crippen LogP contribution in [0.1, 0.15) is 11.3 Å². The van der Waals surface area contributed by atoms with Crippen LogP contribution in [-0.4, -0.2) is 36.7 Å². The van der Waals surface area contributed by atoms with Crippen LogP contribution in [0.3, 0.4) is 0 Å². The lowest BCUT2D eigenvalue weighted by Crippen LogP contribution is -2.42. The third kappa shape index (κ3) is 5.03. The molecule has 0 fully saturated rings. The van der Waals surface area contributed by atoms with Gasteiger partial charge in [-0.2, -0.15) is 0 Å². The number of carbonyl (C=O) groups excluding carboxylic acids is 1. The summed E-state index contributed by atoms with van der Waals surface area (Å²) in [5, 5.41) is 11.4. The molecule has 0 spiro atoms. The number of ether oxygens (including phenoxy) is 1. The molecule has 1 aromatic rings. The minimum absolute atomic E-state index is 0.133. The Morgan fingerprint density at radius 1 is 1.56 bits per heavy atom. The van der Waals surface area contributed by atoms with E-state index in [1.54, 1.807) is 12.1 Å². The van der Waals surface area contributed by atoms with E-state index in [4.69, 9.17) is 21.4 Å². The maximum atomic E-state index is 11.6. The van der Waals surface area contributed by atoms with Crippen molar-refractivity contribution in [3.63, 3.8) is 0 Å². The van der Waals surface area contributed by atoms with Gasteiger partial charge in [0, 0.05) is 25.0 Å². The van der Waals surface area contributed by atoms with Crippen molar-refractivity contribution < 1.29 is 19.4 Å². The van der Waals surface area contributed by atoms with E-state index in [0.717, 1.165) is 4.88 Å². The number of nitrogens with one attached hydrogen (secondary N) is 1. The van der Waals surface area contributed by atoms with Gasteiger partial charge in [0.2, 0.25) is 5.91 Å². The number of hydrogen-bond acceptors (Lipinski definition) is 4. The molecule has 0 saturated carbocycles. The van der Waals surface area contributed by atoms with Crippen molar-refractivity contribution in [1.29, 1.82) is 0 Å². The topological polar surface area (TPSA) is 75.6 Å². The smallest absolute Gasteiger partial charge is 0.326 e. The molecule has 1 amide bonds. The van der Waals surface area contributed by atoms with Crippen LogP contribution in [0, 0.1) is 0 Å². The van der Waals surface area contributed by atoms with Crippen molar-refractivity contribution in [2.24, 2.45) is 0 Å². The van der Waals surface area contributed by atoms with E-state index < -0.39 is 12.0 Å². The monoisotopic (exact) mass is 291 g/mol. The lowest BCUT2D eigenvalue weighted by atomic mass is 10.2. The molecule has 7 heteroatoms. The van der Waals surface area contributed by atoms with Crippen molar-refractivity contribution in [3.05, 3.63) is 21.3 Å². The molecule has 0 saturated heterocycles. The van der Waals surface area contributed by atoms with Gasteiger partial charge < -0.3 is 15.2 Å². The number of amides is 1. The summed E-state index contributed by atoms with van der Waals surface area (Å²) in [6.07, 6.45) is 0.372. The molecule has 0 aliphatic rings. The highest BCUT2D eigenvalue weighted by molar-refractivity contribution is 7.16. The second-order valence-electron chi connectivity index (χ2n) is 3.62. The SMILES string of the molecule is COCCC(NC(=O)Cc1ccc(Cl)s1)C(=O)O. The van der Waals surface area contributed by atoms with E-state index in [0.29, 0.717) is 4.34 Å². The van der Waals surface area contributed by atoms with Crippen LogP contribution in [0.25, 0.3) is 0 Å². The van der Waals surface area contributed by atoms with E-state index >= 15 is 0 Å². The highest BCUT2D eigenvalue weighted by Gasteiger charge is 2.19. The molecule has 0 aromatic carbocycles. The Morgan fingerprint density at radius 3 is 2.78 bits per heavy atom. The number of carbonyl (C=O) groups is 2. The van der Waals surface area contributed by atoms with Crippen LogP contribution < -0.4 is 5.32 Å². The third-order valence-electron chi connectivity index (χ3n) is 2.21. The van der Waals surface area contributed by atoms with E-state index in [-0.39, 0.29) is 25.4 Å². The average molecular weight is 292 g/mol. The minimum Gasteiger partial charge on any atom is -0.480 e. The molecule has 1 aromatic heterocycles. The highest BCUT2D eigenvalue weighted by Crippen LogP contribution is 2.21. The predicted octanol–water partition coefficient (Wildman–Crippen LogP) is 1.55. The second kappa shape index (κ2) is 7.35. The van der Waals surface area contributed by atoms with Gasteiger partial charge in [-0.05, 0) is 12.1 Å². The van der Waals surface area contributed by atoms with Crippen molar-refractivity contribution in [1.82, 2.24) is 5.32 Å². The van der Waals surface area contributed by atoms with Gasteiger partial charge in [0.05, 0.1) is 10.8 Å². The normalized spacial score (nSPS) is 12.1. The Hall–Kier alpha value is -1.11. The minimum atomic E-state index is -1.07. The zero-order valence-corrected chi connectivity index (χ0v) is 11.4. The summed E-state index contributed by atoms with van der Waals surface area (Å²) in [5.41, 5.74) is 0. The number of carboxylic acid groups (broad SMARTS) is 1. The number of methoxy groups -OCH3 is 1. The Kier molecular flexibility index (Phi) is 6.11. The Bertz CT molecular complexity index is 421. The number of rotatable bonds is 7. The molecular formula is C11H14ClNO4S.